The van der Waals surface area contributed by atoms with Crippen LogP contribution in [0.3, 0.4) is 0 Å². The Bertz CT molecular complexity index is 595. The first kappa shape index (κ1) is 11.7. The molecule has 0 unspecified atom stereocenters. The van der Waals surface area contributed by atoms with Crippen molar-refractivity contribution < 1.29 is 13.6 Å². The number of nitrogens with two attached hydrogens (primary N) is 1. The number of amides is 1. The van der Waals surface area contributed by atoms with Gasteiger partial charge >= 0.3 is 0 Å². The lowest BCUT2D eigenvalue weighted by atomic mass is 10.1. The van der Waals surface area contributed by atoms with Crippen molar-refractivity contribution in [1.82, 2.24) is 4.98 Å². The van der Waals surface area contributed by atoms with E-state index in [-0.39, 0.29) is 16.3 Å². The van der Waals surface area contributed by atoms with Crippen LogP contribution in [0.1, 0.15) is 16.1 Å². The smallest absolute Gasteiger partial charge is 0.268 e. The molecule has 0 radical (unpaired) electrons. The Balaban J connectivity index is 2.60. The van der Waals surface area contributed by atoms with E-state index in [1.54, 1.807) is 0 Å². The fourth-order valence-electron chi connectivity index (χ4n) is 1.35. The average Bonchev–Trinajstić information content (AvgIpc) is 2.73. The van der Waals surface area contributed by atoms with E-state index < -0.39 is 17.5 Å². The lowest BCUT2D eigenvalue weighted by Crippen LogP contribution is -2.11. The monoisotopic (exact) mass is 254 g/mol. The number of thiazole rings is 1. The summed E-state index contributed by atoms with van der Waals surface area (Å²) in [6.45, 7) is 1.53. The third-order valence-electron chi connectivity index (χ3n) is 2.25. The number of rotatable bonds is 2. The van der Waals surface area contributed by atoms with Crippen LogP contribution in [0.2, 0.25) is 0 Å². The molecule has 88 valence electrons. The Kier molecular flexibility index (Phi) is 2.89. The fourth-order valence-corrected chi connectivity index (χ4v) is 2.20. The molecule has 0 saturated heterocycles. The molecule has 2 N–H and O–H groups in total. The molecule has 1 aromatic carbocycles. The van der Waals surface area contributed by atoms with Crippen molar-refractivity contribution in [1.29, 1.82) is 0 Å². The zero-order valence-electron chi connectivity index (χ0n) is 8.83. The highest BCUT2D eigenvalue weighted by atomic mass is 32.1. The Morgan fingerprint density at radius 2 is 2.12 bits per heavy atom. The zero-order chi connectivity index (χ0) is 12.6. The van der Waals surface area contributed by atoms with Gasteiger partial charge in [0.2, 0.25) is 0 Å². The molecule has 3 nitrogen and oxygen atoms in total. The lowest BCUT2D eigenvalue weighted by Gasteiger charge is -2.03. The molecule has 0 aliphatic rings. The van der Waals surface area contributed by atoms with E-state index >= 15 is 0 Å². The van der Waals surface area contributed by atoms with Gasteiger partial charge in [0, 0.05) is 5.38 Å². The molecule has 0 saturated carbocycles. The summed E-state index contributed by atoms with van der Waals surface area (Å²) >= 11 is 0.976. The standard InChI is InChI=1S/C11H8F2N2OS/c1-5-2-3-6(12)8(9(5)13)11-15-7(4-17-11)10(14)16/h2-4H,1H3,(H2,14,16). The van der Waals surface area contributed by atoms with Crippen LogP contribution in [0.5, 0.6) is 0 Å². The zero-order valence-corrected chi connectivity index (χ0v) is 9.65. The second kappa shape index (κ2) is 4.21. The number of aromatic nitrogens is 1. The van der Waals surface area contributed by atoms with Gasteiger partial charge < -0.3 is 5.73 Å². The molecule has 1 aromatic heterocycles. The van der Waals surface area contributed by atoms with Gasteiger partial charge in [-0.3, -0.25) is 4.79 Å². The summed E-state index contributed by atoms with van der Waals surface area (Å²) in [7, 11) is 0. The molecule has 1 heterocycles. The fraction of sp³-hybridized carbons (Fsp3) is 0.0909. The van der Waals surface area contributed by atoms with Gasteiger partial charge in [-0.05, 0) is 18.6 Å². The van der Waals surface area contributed by atoms with Gasteiger partial charge in [-0.1, -0.05) is 6.07 Å². The molecule has 17 heavy (non-hydrogen) atoms. The van der Waals surface area contributed by atoms with Gasteiger partial charge in [0.1, 0.15) is 22.3 Å². The van der Waals surface area contributed by atoms with Crippen molar-refractivity contribution in [2.75, 3.05) is 0 Å². The molecule has 0 spiro atoms. The molecule has 0 aliphatic carbocycles. The molecule has 0 bridgehead atoms. The van der Waals surface area contributed by atoms with Gasteiger partial charge in [0.15, 0.2) is 0 Å². The third kappa shape index (κ3) is 2.03. The van der Waals surface area contributed by atoms with Crippen LogP contribution < -0.4 is 5.73 Å². The van der Waals surface area contributed by atoms with Crippen LogP contribution in [0.25, 0.3) is 10.6 Å². The van der Waals surface area contributed by atoms with E-state index in [9.17, 15) is 13.6 Å². The Morgan fingerprint density at radius 1 is 1.41 bits per heavy atom. The van der Waals surface area contributed by atoms with Crippen LogP contribution in [0, 0.1) is 18.6 Å². The van der Waals surface area contributed by atoms with Crippen LogP contribution in [0.4, 0.5) is 8.78 Å². The van der Waals surface area contributed by atoms with Crippen molar-refractivity contribution in [2.24, 2.45) is 5.73 Å². The van der Waals surface area contributed by atoms with Crippen LogP contribution in [-0.4, -0.2) is 10.9 Å². The Morgan fingerprint density at radius 3 is 2.71 bits per heavy atom. The first-order valence-corrected chi connectivity index (χ1v) is 5.59. The van der Waals surface area contributed by atoms with Crippen LogP contribution in [-0.2, 0) is 0 Å². The molecule has 0 atom stereocenters. The minimum atomic E-state index is -0.721. The second-order valence-electron chi connectivity index (χ2n) is 3.46. The average molecular weight is 254 g/mol. The number of hydrogen-bond donors (Lipinski definition) is 1. The van der Waals surface area contributed by atoms with E-state index in [0.717, 1.165) is 11.3 Å². The van der Waals surface area contributed by atoms with E-state index in [4.69, 9.17) is 5.73 Å². The summed E-state index contributed by atoms with van der Waals surface area (Å²) in [5.41, 5.74) is 5.13. The quantitative estimate of drug-likeness (QED) is 0.895. The number of benzene rings is 1. The molecule has 0 aliphatic heterocycles. The number of carbonyl (C=O) groups excluding carboxylic acids is 1. The maximum absolute atomic E-state index is 13.8. The van der Waals surface area contributed by atoms with Crippen molar-refractivity contribution in [3.63, 3.8) is 0 Å². The van der Waals surface area contributed by atoms with Gasteiger partial charge in [-0.25, -0.2) is 13.8 Å². The minimum absolute atomic E-state index is 0.00491. The molecule has 0 fully saturated rings. The second-order valence-corrected chi connectivity index (χ2v) is 4.31. The Labute approximate surface area is 99.9 Å². The minimum Gasteiger partial charge on any atom is -0.364 e. The molecule has 2 rings (SSSR count). The van der Waals surface area contributed by atoms with Crippen molar-refractivity contribution in [3.05, 3.63) is 40.4 Å². The summed E-state index contributed by atoms with van der Waals surface area (Å²) in [6.07, 6.45) is 0. The topological polar surface area (TPSA) is 56.0 Å². The van der Waals surface area contributed by atoms with Crippen LogP contribution >= 0.6 is 11.3 Å². The van der Waals surface area contributed by atoms with Gasteiger partial charge in [0.25, 0.3) is 5.91 Å². The highest BCUT2D eigenvalue weighted by Crippen LogP contribution is 2.30. The molecule has 6 heteroatoms. The van der Waals surface area contributed by atoms with Gasteiger partial charge in [-0.2, -0.15) is 0 Å². The number of hydrogen-bond acceptors (Lipinski definition) is 3. The Hall–Kier alpha value is -1.82. The van der Waals surface area contributed by atoms with Crippen molar-refractivity contribution >= 4 is 17.2 Å². The predicted molar refractivity (Wildman–Crippen MR) is 60.7 cm³/mol. The molecule has 1 amide bonds. The molecular weight excluding hydrogens is 246 g/mol. The number of nitrogens with zero attached hydrogens (tertiary/aromatic N) is 1. The first-order chi connectivity index (χ1) is 8.00. The number of halogens is 2. The lowest BCUT2D eigenvalue weighted by molar-refractivity contribution is 0.0996. The number of aryl methyl sites for hydroxylation is 1. The van der Waals surface area contributed by atoms with E-state index in [1.165, 1.54) is 24.4 Å². The van der Waals surface area contributed by atoms with Crippen LogP contribution in [0.15, 0.2) is 17.5 Å². The summed E-state index contributed by atoms with van der Waals surface area (Å²) in [5, 5.41) is 1.48. The molecular formula is C11H8F2N2OS. The van der Waals surface area contributed by atoms with Gasteiger partial charge in [-0.15, -0.1) is 11.3 Å². The number of carbonyl (C=O) groups is 1. The van der Waals surface area contributed by atoms with E-state index in [2.05, 4.69) is 4.98 Å². The summed E-state index contributed by atoms with van der Waals surface area (Å²) < 4.78 is 27.3. The normalized spacial score (nSPS) is 10.5. The van der Waals surface area contributed by atoms with Gasteiger partial charge in [0.05, 0.1) is 5.56 Å². The highest BCUT2D eigenvalue weighted by Gasteiger charge is 2.17. The molecule has 2 aromatic rings. The largest absolute Gasteiger partial charge is 0.364 e. The summed E-state index contributed by atoms with van der Waals surface area (Å²) in [4.78, 5) is 14.7. The number of primary amides is 1. The summed E-state index contributed by atoms with van der Waals surface area (Å²) in [6, 6.07) is 2.51. The SMILES string of the molecule is Cc1ccc(F)c(-c2nc(C(N)=O)cs2)c1F. The maximum atomic E-state index is 13.8. The highest BCUT2D eigenvalue weighted by molar-refractivity contribution is 7.13. The maximum Gasteiger partial charge on any atom is 0.268 e. The van der Waals surface area contributed by atoms with E-state index in [1.807, 2.05) is 0 Å². The predicted octanol–water partition coefficient (Wildman–Crippen LogP) is 2.50. The van der Waals surface area contributed by atoms with Crippen molar-refractivity contribution in [3.8, 4) is 10.6 Å². The van der Waals surface area contributed by atoms with Crippen molar-refractivity contribution in [2.45, 2.75) is 6.92 Å². The third-order valence-corrected chi connectivity index (χ3v) is 3.11. The summed E-state index contributed by atoms with van der Waals surface area (Å²) in [5.74, 6) is -2.10. The van der Waals surface area contributed by atoms with E-state index in [0.29, 0.717) is 5.56 Å². The first-order valence-electron chi connectivity index (χ1n) is 4.71.